The summed E-state index contributed by atoms with van der Waals surface area (Å²) in [6.45, 7) is 2.10. The third-order valence-corrected chi connectivity index (χ3v) is 4.83. The van der Waals surface area contributed by atoms with E-state index in [1.54, 1.807) is 6.07 Å². The fraction of sp³-hybridized carbons (Fsp3) is 0.333. The Balaban J connectivity index is 1.60. The lowest BCUT2D eigenvalue weighted by Gasteiger charge is -2.36. The molecular formula is C21H20F4N2O3. The molecule has 3 rings (SSSR count). The van der Waals surface area contributed by atoms with Crippen molar-refractivity contribution in [3.8, 4) is 5.75 Å². The van der Waals surface area contributed by atoms with Gasteiger partial charge in [0.25, 0.3) is 11.8 Å². The van der Waals surface area contributed by atoms with Crippen LogP contribution in [0.3, 0.4) is 0 Å². The van der Waals surface area contributed by atoms with E-state index in [9.17, 15) is 27.2 Å². The first-order valence-electron chi connectivity index (χ1n) is 9.34. The van der Waals surface area contributed by atoms with E-state index in [1.807, 2.05) is 0 Å². The van der Waals surface area contributed by atoms with Crippen molar-refractivity contribution >= 4 is 11.8 Å². The highest BCUT2D eigenvalue weighted by molar-refractivity contribution is 5.94. The highest BCUT2D eigenvalue weighted by Crippen LogP contribution is 2.36. The zero-order valence-corrected chi connectivity index (χ0v) is 16.2. The number of carbonyl (C=O) groups is 2. The van der Waals surface area contributed by atoms with Crippen molar-refractivity contribution in [2.75, 3.05) is 26.2 Å². The predicted octanol–water partition coefficient (Wildman–Crippen LogP) is 3.60. The van der Waals surface area contributed by atoms with Gasteiger partial charge >= 0.3 is 6.18 Å². The summed E-state index contributed by atoms with van der Waals surface area (Å²) < 4.78 is 58.4. The van der Waals surface area contributed by atoms with Crippen LogP contribution >= 0.6 is 0 Å². The molecule has 1 saturated heterocycles. The van der Waals surface area contributed by atoms with Gasteiger partial charge in [-0.3, -0.25) is 9.59 Å². The standard InChI is InChI=1S/C21H20F4N2O3/c1-14(30-18-9-5-3-7-16(18)21(23,24)25)19(28)26-10-12-27(13-11-26)20(29)15-6-2-4-8-17(15)22/h2-9,14H,10-13H2,1H3. The molecule has 9 heteroatoms. The number of benzene rings is 2. The molecule has 2 amide bonds. The smallest absolute Gasteiger partial charge is 0.419 e. The van der Waals surface area contributed by atoms with Gasteiger partial charge in [0.05, 0.1) is 11.1 Å². The van der Waals surface area contributed by atoms with Crippen LogP contribution in [-0.2, 0) is 11.0 Å². The van der Waals surface area contributed by atoms with Crippen molar-refractivity contribution in [1.82, 2.24) is 9.80 Å². The number of ether oxygens (including phenoxy) is 1. The molecule has 2 aromatic rings. The van der Waals surface area contributed by atoms with Gasteiger partial charge in [-0.1, -0.05) is 24.3 Å². The van der Waals surface area contributed by atoms with E-state index < -0.39 is 41.2 Å². The number of rotatable bonds is 4. The Morgan fingerprint density at radius 1 is 0.933 bits per heavy atom. The maximum Gasteiger partial charge on any atom is 0.419 e. The van der Waals surface area contributed by atoms with Crippen molar-refractivity contribution in [1.29, 1.82) is 0 Å². The number of carbonyl (C=O) groups excluding carboxylic acids is 2. The van der Waals surface area contributed by atoms with Crippen LogP contribution in [0.5, 0.6) is 5.75 Å². The molecule has 5 nitrogen and oxygen atoms in total. The Bertz CT molecular complexity index is 924. The highest BCUT2D eigenvalue weighted by atomic mass is 19.4. The summed E-state index contributed by atoms with van der Waals surface area (Å²) in [4.78, 5) is 27.9. The summed E-state index contributed by atoms with van der Waals surface area (Å²) in [5, 5.41) is 0. The van der Waals surface area contributed by atoms with E-state index in [0.29, 0.717) is 0 Å². The zero-order valence-electron chi connectivity index (χ0n) is 16.2. The lowest BCUT2D eigenvalue weighted by molar-refractivity contribution is -0.144. The third kappa shape index (κ3) is 4.72. The second kappa shape index (κ2) is 8.73. The van der Waals surface area contributed by atoms with Crippen LogP contribution in [0.2, 0.25) is 0 Å². The SMILES string of the molecule is CC(Oc1ccccc1C(F)(F)F)C(=O)N1CCN(C(=O)c2ccccc2F)CC1. The maximum absolute atomic E-state index is 13.8. The van der Waals surface area contributed by atoms with E-state index >= 15 is 0 Å². The normalized spacial score (nSPS) is 15.6. The van der Waals surface area contributed by atoms with Gasteiger partial charge < -0.3 is 14.5 Å². The van der Waals surface area contributed by atoms with E-state index in [1.165, 1.54) is 47.1 Å². The molecule has 1 fully saturated rings. The van der Waals surface area contributed by atoms with E-state index in [0.717, 1.165) is 12.1 Å². The number of para-hydroxylation sites is 1. The fourth-order valence-corrected chi connectivity index (χ4v) is 3.24. The minimum atomic E-state index is -4.60. The molecule has 1 aliphatic heterocycles. The number of halogens is 4. The average Bonchev–Trinajstić information content (AvgIpc) is 2.73. The highest BCUT2D eigenvalue weighted by Gasteiger charge is 2.35. The quantitative estimate of drug-likeness (QED) is 0.705. The second-order valence-electron chi connectivity index (χ2n) is 6.85. The van der Waals surface area contributed by atoms with Crippen LogP contribution in [0.1, 0.15) is 22.8 Å². The Kier molecular flexibility index (Phi) is 6.28. The molecule has 1 unspecified atom stereocenters. The largest absolute Gasteiger partial charge is 0.480 e. The number of piperazine rings is 1. The molecular weight excluding hydrogens is 404 g/mol. The number of alkyl halides is 3. The van der Waals surface area contributed by atoms with Crippen molar-refractivity contribution in [3.63, 3.8) is 0 Å². The van der Waals surface area contributed by atoms with Gasteiger partial charge in [-0.15, -0.1) is 0 Å². The lowest BCUT2D eigenvalue weighted by Crippen LogP contribution is -2.53. The van der Waals surface area contributed by atoms with E-state index in [2.05, 4.69) is 0 Å². The molecule has 0 saturated carbocycles. The summed E-state index contributed by atoms with van der Waals surface area (Å²) in [6.07, 6.45) is -5.74. The summed E-state index contributed by atoms with van der Waals surface area (Å²) in [5.41, 5.74) is -0.998. The number of nitrogens with zero attached hydrogens (tertiary/aromatic N) is 2. The fourth-order valence-electron chi connectivity index (χ4n) is 3.24. The Morgan fingerprint density at radius 3 is 2.13 bits per heavy atom. The molecule has 0 bridgehead atoms. The molecule has 2 aromatic carbocycles. The van der Waals surface area contributed by atoms with Crippen molar-refractivity contribution in [2.45, 2.75) is 19.2 Å². The summed E-state index contributed by atoms with van der Waals surface area (Å²) in [7, 11) is 0. The molecule has 0 spiro atoms. The van der Waals surface area contributed by atoms with Crippen LogP contribution in [0.25, 0.3) is 0 Å². The summed E-state index contributed by atoms with van der Waals surface area (Å²) >= 11 is 0. The van der Waals surface area contributed by atoms with Gasteiger partial charge in [0.2, 0.25) is 0 Å². The molecule has 160 valence electrons. The van der Waals surface area contributed by atoms with Crippen molar-refractivity contribution in [3.05, 3.63) is 65.5 Å². The number of amides is 2. The van der Waals surface area contributed by atoms with Crippen LogP contribution < -0.4 is 4.74 Å². The second-order valence-corrected chi connectivity index (χ2v) is 6.85. The van der Waals surface area contributed by atoms with Crippen molar-refractivity contribution in [2.24, 2.45) is 0 Å². The molecule has 0 aliphatic carbocycles. The molecule has 1 aliphatic rings. The Labute approximate surface area is 170 Å². The monoisotopic (exact) mass is 424 g/mol. The Morgan fingerprint density at radius 2 is 1.50 bits per heavy atom. The predicted molar refractivity (Wildman–Crippen MR) is 100 cm³/mol. The molecule has 0 radical (unpaired) electrons. The van der Waals surface area contributed by atoms with Crippen LogP contribution in [0.4, 0.5) is 17.6 Å². The van der Waals surface area contributed by atoms with Crippen molar-refractivity contribution < 1.29 is 31.9 Å². The maximum atomic E-state index is 13.8. The third-order valence-electron chi connectivity index (χ3n) is 4.83. The first kappa shape index (κ1) is 21.6. The molecule has 30 heavy (non-hydrogen) atoms. The topological polar surface area (TPSA) is 49.9 Å². The minimum absolute atomic E-state index is 0.0438. The molecule has 0 N–H and O–H groups in total. The van der Waals surface area contributed by atoms with E-state index in [4.69, 9.17) is 4.74 Å². The average molecular weight is 424 g/mol. The van der Waals surface area contributed by atoms with Crippen LogP contribution in [0, 0.1) is 5.82 Å². The first-order chi connectivity index (χ1) is 14.2. The van der Waals surface area contributed by atoms with Crippen LogP contribution in [-0.4, -0.2) is 53.9 Å². The minimum Gasteiger partial charge on any atom is -0.480 e. The van der Waals surface area contributed by atoms with Gasteiger partial charge in [0.15, 0.2) is 6.10 Å². The van der Waals surface area contributed by atoms with Gasteiger partial charge in [-0.05, 0) is 31.2 Å². The van der Waals surface area contributed by atoms with Crippen LogP contribution in [0.15, 0.2) is 48.5 Å². The molecule has 1 atom stereocenters. The molecule has 1 heterocycles. The zero-order chi connectivity index (χ0) is 21.9. The van der Waals surface area contributed by atoms with Gasteiger partial charge in [-0.25, -0.2) is 4.39 Å². The van der Waals surface area contributed by atoms with E-state index in [-0.39, 0.29) is 31.7 Å². The van der Waals surface area contributed by atoms with Gasteiger partial charge in [-0.2, -0.15) is 13.2 Å². The van der Waals surface area contributed by atoms with Gasteiger partial charge in [0.1, 0.15) is 11.6 Å². The molecule has 0 aromatic heterocycles. The summed E-state index contributed by atoms with van der Waals surface area (Å²) in [5.74, 6) is -1.99. The number of hydrogen-bond donors (Lipinski definition) is 0. The van der Waals surface area contributed by atoms with Gasteiger partial charge in [0, 0.05) is 26.2 Å². The Hall–Kier alpha value is -3.10. The number of hydrogen-bond acceptors (Lipinski definition) is 3. The lowest BCUT2D eigenvalue weighted by atomic mass is 10.1. The summed E-state index contributed by atoms with van der Waals surface area (Å²) in [6, 6.07) is 10.3. The first-order valence-corrected chi connectivity index (χ1v) is 9.34.